The van der Waals surface area contributed by atoms with Crippen molar-refractivity contribution in [1.82, 2.24) is 0 Å². The lowest BCUT2D eigenvalue weighted by molar-refractivity contribution is -0.155. The zero-order valence-electron chi connectivity index (χ0n) is 16.3. The minimum atomic E-state index is -1.03. The molecule has 0 heterocycles. The summed E-state index contributed by atoms with van der Waals surface area (Å²) >= 11 is 7.43. The number of carbonyl (C=O) groups excluding carboxylic acids is 4. The number of carbonyl (C=O) groups is 4. The number of Topliss-reactive ketones (excluding diaryl/α,β-unsaturated/α-hetero) is 2. The Morgan fingerprint density at radius 1 is 0.769 bits per heavy atom. The van der Waals surface area contributed by atoms with Crippen LogP contribution < -0.4 is 0 Å². The maximum absolute atomic E-state index is 12.2. The second-order valence-corrected chi connectivity index (χ2v) is 11.2. The molecule has 0 aliphatic carbocycles. The lowest BCUT2D eigenvalue weighted by Crippen LogP contribution is -2.37. The molecule has 0 spiro atoms. The van der Waals surface area contributed by atoms with Gasteiger partial charge in [0.1, 0.15) is 13.0 Å². The maximum atomic E-state index is 12.2. The molecule has 0 aromatic heterocycles. The minimum absolute atomic E-state index is 0.250. The molecule has 0 amide bonds. The Bertz CT molecular complexity index is 547. The van der Waals surface area contributed by atoms with Crippen molar-refractivity contribution in [3.63, 3.8) is 0 Å². The average Bonchev–Trinajstić information content (AvgIpc) is 2.45. The van der Waals surface area contributed by atoms with Gasteiger partial charge >= 0.3 is 11.9 Å². The number of ether oxygens (including phenoxy) is 2. The Labute approximate surface area is 168 Å². The van der Waals surface area contributed by atoms with E-state index in [-0.39, 0.29) is 11.6 Å². The number of hydrogen-bond donors (Lipinski definition) is 0. The molecule has 148 valence electrons. The van der Waals surface area contributed by atoms with Gasteiger partial charge < -0.3 is 9.47 Å². The Morgan fingerprint density at radius 2 is 1.04 bits per heavy atom. The topological polar surface area (TPSA) is 86.7 Å². The first-order chi connectivity index (χ1) is 11.6. The fourth-order valence-electron chi connectivity index (χ4n) is 1.29. The van der Waals surface area contributed by atoms with Crippen molar-refractivity contribution in [3.05, 3.63) is 0 Å². The molecule has 26 heavy (non-hydrogen) atoms. The number of esters is 2. The summed E-state index contributed by atoms with van der Waals surface area (Å²) in [7, 11) is 0. The lowest BCUT2D eigenvalue weighted by Gasteiger charge is -2.27. The monoisotopic (exact) mass is 422 g/mol. The van der Waals surface area contributed by atoms with Crippen LogP contribution in [0, 0.1) is 0 Å². The van der Waals surface area contributed by atoms with E-state index in [1.165, 1.54) is 27.7 Å². The van der Waals surface area contributed by atoms with E-state index in [2.05, 4.69) is 0 Å². The number of hydrogen-bond acceptors (Lipinski definition) is 9. The Kier molecular flexibility index (Phi) is 9.49. The van der Waals surface area contributed by atoms with Gasteiger partial charge in [-0.2, -0.15) is 0 Å². The Morgan fingerprint density at radius 3 is 1.27 bits per heavy atom. The van der Waals surface area contributed by atoms with Crippen LogP contribution in [-0.2, 0) is 28.7 Å². The molecule has 0 rings (SSSR count). The zero-order chi connectivity index (χ0) is 20.9. The molecular formula is C17H26O6S3. The Hall–Kier alpha value is -0.930. The largest absolute Gasteiger partial charge is 0.454 e. The van der Waals surface area contributed by atoms with Gasteiger partial charge in [0, 0.05) is 0 Å². The summed E-state index contributed by atoms with van der Waals surface area (Å²) in [5.74, 6) is -1.64. The smallest absolute Gasteiger partial charge is 0.322 e. The molecule has 9 heteroatoms. The molecule has 0 saturated heterocycles. The predicted molar refractivity (Wildman–Crippen MR) is 108 cm³/mol. The van der Waals surface area contributed by atoms with E-state index < -0.39 is 33.6 Å². The molecule has 0 bridgehead atoms. The third-order valence-electron chi connectivity index (χ3n) is 3.37. The van der Waals surface area contributed by atoms with Crippen molar-refractivity contribution in [2.24, 2.45) is 0 Å². The van der Waals surface area contributed by atoms with Crippen LogP contribution >= 0.6 is 35.7 Å². The first-order valence-corrected chi connectivity index (χ1v) is 9.99. The van der Waals surface area contributed by atoms with Gasteiger partial charge in [0.15, 0.2) is 23.8 Å². The van der Waals surface area contributed by atoms with E-state index >= 15 is 0 Å². The second kappa shape index (κ2) is 9.85. The molecule has 0 aliphatic rings. The van der Waals surface area contributed by atoms with E-state index in [9.17, 15) is 19.2 Å². The van der Waals surface area contributed by atoms with E-state index in [1.807, 2.05) is 0 Å². The maximum Gasteiger partial charge on any atom is 0.322 e. The number of ketones is 2. The first kappa shape index (κ1) is 25.1. The van der Waals surface area contributed by atoms with Crippen LogP contribution in [0.2, 0.25) is 0 Å². The second-order valence-electron chi connectivity index (χ2n) is 6.79. The number of rotatable bonds is 8. The van der Waals surface area contributed by atoms with Crippen LogP contribution in [0.3, 0.4) is 0 Å². The summed E-state index contributed by atoms with van der Waals surface area (Å²) in [5, 5.41) is 0. The molecule has 6 nitrogen and oxygen atoms in total. The normalized spacial score (nSPS) is 14.2. The summed E-state index contributed by atoms with van der Waals surface area (Å²) in [4.78, 5) is 47.0. The van der Waals surface area contributed by atoms with Crippen molar-refractivity contribution >= 4 is 62.8 Å². The highest BCUT2D eigenvalue weighted by Gasteiger charge is 2.38. The highest BCUT2D eigenvalue weighted by atomic mass is 32.2. The molecular weight excluding hydrogens is 396 g/mol. The number of thiocarbonyl (C=S) groups is 1. The van der Waals surface area contributed by atoms with Crippen molar-refractivity contribution in [1.29, 1.82) is 0 Å². The molecule has 0 saturated carbocycles. The third-order valence-corrected chi connectivity index (χ3v) is 6.06. The van der Waals surface area contributed by atoms with Gasteiger partial charge in [-0.3, -0.25) is 19.2 Å². The Balaban J connectivity index is 4.89. The summed E-state index contributed by atoms with van der Waals surface area (Å²) in [6, 6.07) is 0. The van der Waals surface area contributed by atoms with Crippen LogP contribution in [0.25, 0.3) is 0 Å². The highest BCUT2D eigenvalue weighted by molar-refractivity contribution is 8.48. The van der Waals surface area contributed by atoms with Crippen LogP contribution in [0.1, 0.15) is 55.4 Å². The van der Waals surface area contributed by atoms with Crippen molar-refractivity contribution in [2.75, 3.05) is 0 Å². The van der Waals surface area contributed by atoms with Gasteiger partial charge in [-0.1, -0.05) is 35.7 Å². The standard InChI is InChI=1S/C17H26O6S3/c1-9(18)11(3)22-13(20)16(5,6)25-15(24)26-17(7,8)14(21)23-12(4)10(2)19/h11-12H,1-8H3. The SMILES string of the molecule is CC(=O)C(C)OC(=O)C(C)(C)SC(=S)SC(C)(C)C(=O)OC(C)C(C)=O. The van der Waals surface area contributed by atoms with Crippen molar-refractivity contribution in [3.8, 4) is 0 Å². The lowest BCUT2D eigenvalue weighted by atomic mass is 10.2. The van der Waals surface area contributed by atoms with Crippen LogP contribution in [0.5, 0.6) is 0 Å². The molecule has 2 atom stereocenters. The summed E-state index contributed by atoms with van der Waals surface area (Å²) < 4.78 is 8.55. The molecule has 0 radical (unpaired) electrons. The van der Waals surface area contributed by atoms with Gasteiger partial charge in [-0.25, -0.2) is 0 Å². The fraction of sp³-hybridized carbons (Fsp3) is 0.706. The third kappa shape index (κ3) is 8.18. The molecule has 0 fully saturated rings. The van der Waals surface area contributed by atoms with Crippen molar-refractivity contribution < 1.29 is 28.7 Å². The summed E-state index contributed by atoms with van der Waals surface area (Å²) in [6.07, 6.45) is -1.66. The van der Waals surface area contributed by atoms with E-state index in [0.717, 1.165) is 23.5 Å². The molecule has 0 aromatic carbocycles. The van der Waals surface area contributed by atoms with Crippen LogP contribution in [0.15, 0.2) is 0 Å². The van der Waals surface area contributed by atoms with Gasteiger partial charge in [0.25, 0.3) is 0 Å². The van der Waals surface area contributed by atoms with Gasteiger partial charge in [-0.05, 0) is 55.4 Å². The molecule has 0 N–H and O–H groups in total. The zero-order valence-corrected chi connectivity index (χ0v) is 18.8. The van der Waals surface area contributed by atoms with Crippen molar-refractivity contribution in [2.45, 2.75) is 77.1 Å². The van der Waals surface area contributed by atoms with E-state index in [0.29, 0.717) is 3.53 Å². The predicted octanol–water partition coefficient (Wildman–Crippen LogP) is 3.34. The molecule has 0 aliphatic heterocycles. The highest BCUT2D eigenvalue weighted by Crippen LogP contribution is 2.38. The van der Waals surface area contributed by atoms with E-state index in [1.54, 1.807) is 27.7 Å². The van der Waals surface area contributed by atoms with Gasteiger partial charge in [0.2, 0.25) is 0 Å². The number of thioether (sulfide) groups is 2. The molecule has 0 aromatic rings. The van der Waals surface area contributed by atoms with Gasteiger partial charge in [0.05, 0.1) is 0 Å². The van der Waals surface area contributed by atoms with Gasteiger partial charge in [-0.15, -0.1) is 0 Å². The molecule has 2 unspecified atom stereocenters. The fourth-order valence-corrected chi connectivity index (χ4v) is 5.05. The van der Waals surface area contributed by atoms with E-state index in [4.69, 9.17) is 21.7 Å². The summed E-state index contributed by atoms with van der Waals surface area (Å²) in [5.41, 5.74) is 0. The minimum Gasteiger partial charge on any atom is -0.454 e. The average molecular weight is 423 g/mol. The van der Waals surface area contributed by atoms with Crippen LogP contribution in [0.4, 0.5) is 0 Å². The first-order valence-electron chi connectivity index (χ1n) is 7.95. The quantitative estimate of drug-likeness (QED) is 0.432. The van der Waals surface area contributed by atoms with Crippen LogP contribution in [-0.4, -0.2) is 48.7 Å². The summed E-state index contributed by atoms with van der Waals surface area (Å²) in [6.45, 7) is 12.2.